The van der Waals surface area contributed by atoms with Crippen molar-refractivity contribution in [3.63, 3.8) is 0 Å². The van der Waals surface area contributed by atoms with Crippen LogP contribution in [0.5, 0.6) is 23.0 Å². The van der Waals surface area contributed by atoms with Crippen molar-refractivity contribution in [3.05, 3.63) is 51.4 Å². The largest absolute Gasteiger partial charge is 0.493 e. The van der Waals surface area contributed by atoms with Gasteiger partial charge in [0.25, 0.3) is 11.1 Å². The third kappa shape index (κ3) is 4.43. The van der Waals surface area contributed by atoms with Crippen molar-refractivity contribution in [2.45, 2.75) is 45.1 Å². The molecule has 2 aliphatic heterocycles. The summed E-state index contributed by atoms with van der Waals surface area (Å²) in [5, 5.41) is -0.00577. The monoisotopic (exact) mass is 581 g/mol. The topological polar surface area (TPSA) is 91.4 Å². The number of thioether (sulfide) groups is 1. The lowest BCUT2D eigenvalue weighted by Gasteiger charge is -2.55. The molecule has 2 heterocycles. The molecule has 0 unspecified atom stereocenters. The van der Waals surface area contributed by atoms with Crippen molar-refractivity contribution in [2.75, 3.05) is 13.9 Å². The van der Waals surface area contributed by atoms with E-state index in [1.165, 1.54) is 26.4 Å². The zero-order chi connectivity index (χ0) is 27.6. The molecule has 10 heteroatoms. The molecule has 8 rings (SSSR count). The van der Waals surface area contributed by atoms with E-state index in [4.69, 9.17) is 30.5 Å². The Kier molecular flexibility index (Phi) is 6.27. The number of halogens is 1. The lowest BCUT2D eigenvalue weighted by Crippen LogP contribution is -2.51. The van der Waals surface area contributed by atoms with Crippen LogP contribution in [0.1, 0.15) is 49.7 Å². The number of imide groups is 1. The smallest absolute Gasteiger partial charge is 0.317 e. The Morgan fingerprint density at radius 3 is 2.40 bits per heavy atom. The summed E-state index contributed by atoms with van der Waals surface area (Å²) in [5.41, 5.74) is 0.859. The van der Waals surface area contributed by atoms with Gasteiger partial charge in [-0.1, -0.05) is 17.7 Å². The number of methoxy groups -OCH3 is 1. The van der Waals surface area contributed by atoms with Gasteiger partial charge in [0, 0.05) is 11.1 Å². The number of rotatable bonds is 6. The van der Waals surface area contributed by atoms with Gasteiger partial charge < -0.3 is 18.9 Å². The number of hydrogen-bond donors (Lipinski definition) is 0. The number of benzene rings is 2. The zero-order valence-electron chi connectivity index (χ0n) is 21.9. The highest BCUT2D eigenvalue weighted by atomic mass is 35.5. The van der Waals surface area contributed by atoms with Gasteiger partial charge in [0.2, 0.25) is 6.79 Å². The van der Waals surface area contributed by atoms with Gasteiger partial charge >= 0.3 is 5.97 Å². The first-order valence-corrected chi connectivity index (χ1v) is 14.7. The van der Waals surface area contributed by atoms with Crippen molar-refractivity contribution >= 4 is 46.6 Å². The van der Waals surface area contributed by atoms with Gasteiger partial charge in [-0.2, -0.15) is 0 Å². The number of carbonyl (C=O) groups is 3. The Morgan fingerprint density at radius 1 is 1.05 bits per heavy atom. The average Bonchev–Trinajstić information content (AvgIpc) is 3.47. The summed E-state index contributed by atoms with van der Waals surface area (Å²) in [6.45, 7) is 0.114. The van der Waals surface area contributed by atoms with Crippen LogP contribution in [-0.4, -0.2) is 35.9 Å². The van der Waals surface area contributed by atoms with E-state index < -0.39 is 11.1 Å². The van der Waals surface area contributed by atoms with E-state index in [2.05, 4.69) is 0 Å². The van der Waals surface area contributed by atoms with E-state index in [-0.39, 0.29) is 29.6 Å². The molecule has 0 N–H and O–H groups in total. The van der Waals surface area contributed by atoms with E-state index in [9.17, 15) is 14.4 Å². The Labute approximate surface area is 240 Å². The molecule has 8 nitrogen and oxygen atoms in total. The van der Waals surface area contributed by atoms with Gasteiger partial charge in [-0.05, 0) is 103 Å². The Morgan fingerprint density at radius 2 is 1.73 bits per heavy atom. The molecule has 2 aromatic rings. The second-order valence-corrected chi connectivity index (χ2v) is 13.0. The molecule has 5 fully saturated rings. The average molecular weight is 582 g/mol. The van der Waals surface area contributed by atoms with Crippen LogP contribution in [0.25, 0.3) is 6.08 Å². The second-order valence-electron chi connectivity index (χ2n) is 11.6. The van der Waals surface area contributed by atoms with Gasteiger partial charge in [0.15, 0.2) is 23.0 Å². The predicted molar refractivity (Wildman–Crippen MR) is 148 cm³/mol. The summed E-state index contributed by atoms with van der Waals surface area (Å²) in [5.74, 6) is 3.17. The molecule has 4 saturated carbocycles. The van der Waals surface area contributed by atoms with Crippen molar-refractivity contribution in [1.82, 2.24) is 4.90 Å². The van der Waals surface area contributed by atoms with Crippen LogP contribution in [0.4, 0.5) is 4.79 Å². The third-order valence-corrected chi connectivity index (χ3v) is 10.2. The minimum absolute atomic E-state index is 0.0139. The van der Waals surface area contributed by atoms with Gasteiger partial charge in [0.1, 0.15) is 0 Å². The minimum atomic E-state index is -0.417. The number of fused-ring (bicyclic) bond motifs is 1. The lowest BCUT2D eigenvalue weighted by atomic mass is 9.49. The van der Waals surface area contributed by atoms with Crippen LogP contribution in [0.2, 0.25) is 5.02 Å². The SMILES string of the molecule is COc1cc(/C=C2\SC(=O)N(Cc3cc4c(cc3Cl)OCO4)C2=O)ccc1OC(=O)C12CC3CC(CC(C3)C1)C2. The maximum absolute atomic E-state index is 13.4. The van der Waals surface area contributed by atoms with Gasteiger partial charge in [-0.25, -0.2) is 0 Å². The number of esters is 1. The molecular formula is C30H28ClNO7S. The molecule has 0 aromatic heterocycles. The molecule has 0 atom stereocenters. The Bertz CT molecular complexity index is 1430. The molecule has 6 aliphatic rings. The van der Waals surface area contributed by atoms with E-state index in [1.54, 1.807) is 36.4 Å². The highest BCUT2D eigenvalue weighted by molar-refractivity contribution is 8.18. The molecule has 2 amide bonds. The standard InChI is InChI=1S/C30H28ClNO7S/c1-36-23-7-16(2-3-22(23)39-28(34)30-11-17-4-18(12-30)6-19(5-17)13-30)8-26-27(33)32(29(35)40-26)14-20-9-24-25(10-21(20)31)38-15-37-24/h2-3,7-10,17-19H,4-6,11-15H2,1H3/b26-8-. The minimum Gasteiger partial charge on any atom is -0.493 e. The molecule has 4 aliphatic carbocycles. The fourth-order valence-corrected chi connectivity index (χ4v) is 8.52. The number of nitrogens with zero attached hydrogens (tertiary/aromatic N) is 1. The molecule has 0 radical (unpaired) electrons. The first kappa shape index (κ1) is 25.8. The van der Waals surface area contributed by atoms with Crippen LogP contribution >= 0.6 is 23.4 Å². The number of carbonyl (C=O) groups excluding carboxylic acids is 3. The van der Waals surface area contributed by atoms with E-state index in [1.807, 2.05) is 0 Å². The van der Waals surface area contributed by atoms with Crippen molar-refractivity contribution in [1.29, 1.82) is 0 Å². The van der Waals surface area contributed by atoms with Crippen LogP contribution in [0, 0.1) is 23.2 Å². The van der Waals surface area contributed by atoms with E-state index in [0.29, 0.717) is 56.9 Å². The summed E-state index contributed by atoms with van der Waals surface area (Å²) in [6, 6.07) is 8.47. The maximum Gasteiger partial charge on any atom is 0.317 e. The van der Waals surface area contributed by atoms with Crippen LogP contribution in [0.3, 0.4) is 0 Å². The molecule has 0 spiro atoms. The summed E-state index contributed by atoms with van der Waals surface area (Å²) in [4.78, 5) is 40.8. The summed E-state index contributed by atoms with van der Waals surface area (Å²) >= 11 is 7.22. The van der Waals surface area contributed by atoms with E-state index >= 15 is 0 Å². The number of ether oxygens (including phenoxy) is 4. The van der Waals surface area contributed by atoms with Gasteiger partial charge in [-0.15, -0.1) is 0 Å². The fraction of sp³-hybridized carbons (Fsp3) is 0.433. The highest BCUT2D eigenvalue weighted by Crippen LogP contribution is 2.60. The molecule has 208 valence electrons. The van der Waals surface area contributed by atoms with Crippen LogP contribution in [-0.2, 0) is 16.1 Å². The lowest BCUT2D eigenvalue weighted by molar-refractivity contribution is -0.161. The first-order chi connectivity index (χ1) is 19.3. The number of amides is 2. The summed E-state index contributed by atoms with van der Waals surface area (Å²) < 4.78 is 22.2. The quantitative estimate of drug-likeness (QED) is 0.219. The highest BCUT2D eigenvalue weighted by Gasteiger charge is 2.55. The molecule has 2 aromatic carbocycles. The zero-order valence-corrected chi connectivity index (χ0v) is 23.5. The Hall–Kier alpha value is -3.17. The van der Waals surface area contributed by atoms with Crippen molar-refractivity contribution in [2.24, 2.45) is 23.2 Å². The molecule has 1 saturated heterocycles. The fourth-order valence-electron chi connectivity index (χ4n) is 7.47. The normalized spacial score (nSPS) is 29.0. The molecular weight excluding hydrogens is 554 g/mol. The third-order valence-electron chi connectivity index (χ3n) is 8.90. The van der Waals surface area contributed by atoms with E-state index in [0.717, 1.165) is 35.9 Å². The summed E-state index contributed by atoms with van der Waals surface area (Å²) in [6.07, 6.45) is 8.15. The first-order valence-electron chi connectivity index (χ1n) is 13.5. The van der Waals surface area contributed by atoms with Gasteiger partial charge in [-0.3, -0.25) is 19.3 Å². The molecule has 40 heavy (non-hydrogen) atoms. The predicted octanol–water partition coefficient (Wildman–Crippen LogP) is 6.44. The van der Waals surface area contributed by atoms with Gasteiger partial charge in [0.05, 0.1) is 24.0 Å². The van der Waals surface area contributed by atoms with Crippen LogP contribution < -0.4 is 18.9 Å². The van der Waals surface area contributed by atoms with Crippen LogP contribution in [0.15, 0.2) is 35.2 Å². The number of hydrogen-bond acceptors (Lipinski definition) is 8. The summed E-state index contributed by atoms with van der Waals surface area (Å²) in [7, 11) is 1.52. The van der Waals surface area contributed by atoms with Crippen molar-refractivity contribution in [3.8, 4) is 23.0 Å². The van der Waals surface area contributed by atoms with Crippen molar-refractivity contribution < 1.29 is 33.3 Å². The Balaban J connectivity index is 1.07. The maximum atomic E-state index is 13.4. The second kappa shape index (κ2) is 9.73. The molecule has 4 bridgehead atoms.